The van der Waals surface area contributed by atoms with Gasteiger partial charge in [0.15, 0.2) is 0 Å². The fourth-order valence-corrected chi connectivity index (χ4v) is 4.47. The van der Waals surface area contributed by atoms with E-state index in [2.05, 4.69) is 28.4 Å². The Bertz CT molecular complexity index is 517. The first-order valence-electron chi connectivity index (χ1n) is 8.44. The average Bonchev–Trinajstić information content (AvgIpc) is 2.97. The van der Waals surface area contributed by atoms with Crippen molar-refractivity contribution >= 4 is 11.6 Å². The Hall–Kier alpha value is -1.51. The van der Waals surface area contributed by atoms with Crippen LogP contribution >= 0.6 is 0 Å². The molecule has 1 aromatic carbocycles. The van der Waals surface area contributed by atoms with Crippen LogP contribution in [0.4, 0.5) is 5.69 Å². The summed E-state index contributed by atoms with van der Waals surface area (Å²) in [6.45, 7) is 1.96. The van der Waals surface area contributed by atoms with Gasteiger partial charge in [0.1, 0.15) is 6.04 Å². The lowest BCUT2D eigenvalue weighted by atomic mass is 9.75. The molecule has 3 unspecified atom stereocenters. The molecule has 1 saturated carbocycles. The lowest BCUT2D eigenvalue weighted by Gasteiger charge is -2.42. The predicted octanol–water partition coefficient (Wildman–Crippen LogP) is 3.06. The topological polar surface area (TPSA) is 32.3 Å². The predicted molar refractivity (Wildman–Crippen MR) is 84.2 cm³/mol. The van der Waals surface area contributed by atoms with Crippen molar-refractivity contribution in [1.82, 2.24) is 4.90 Å². The molecule has 1 amide bonds. The van der Waals surface area contributed by atoms with Crippen LogP contribution in [-0.4, -0.2) is 29.9 Å². The molecule has 3 heteroatoms. The van der Waals surface area contributed by atoms with Gasteiger partial charge in [0.25, 0.3) is 0 Å². The summed E-state index contributed by atoms with van der Waals surface area (Å²) in [5.41, 5.74) is 2.42. The molecule has 112 valence electrons. The molecule has 1 aromatic rings. The average molecular weight is 284 g/mol. The highest BCUT2D eigenvalue weighted by molar-refractivity contribution is 5.87. The number of carbonyl (C=O) groups excluding carboxylic acids is 1. The van der Waals surface area contributed by atoms with Crippen molar-refractivity contribution in [3.8, 4) is 0 Å². The zero-order chi connectivity index (χ0) is 14.2. The van der Waals surface area contributed by atoms with E-state index in [0.29, 0.717) is 5.91 Å². The molecule has 0 aromatic heterocycles. The van der Waals surface area contributed by atoms with E-state index in [4.69, 9.17) is 0 Å². The maximum absolute atomic E-state index is 12.8. The van der Waals surface area contributed by atoms with Gasteiger partial charge in [-0.05, 0) is 36.3 Å². The van der Waals surface area contributed by atoms with Gasteiger partial charge in [0.05, 0.1) is 0 Å². The number of anilines is 1. The number of piperidine rings is 1. The molecule has 3 atom stereocenters. The van der Waals surface area contributed by atoms with Gasteiger partial charge in [-0.2, -0.15) is 0 Å². The molecular formula is C18H24N2O. The van der Waals surface area contributed by atoms with Gasteiger partial charge in [0, 0.05) is 25.2 Å². The largest absolute Gasteiger partial charge is 0.373 e. The number of fused-ring (bicyclic) bond motifs is 2. The minimum Gasteiger partial charge on any atom is -0.373 e. The maximum Gasteiger partial charge on any atom is 0.245 e. The monoisotopic (exact) mass is 284 g/mol. The van der Waals surface area contributed by atoms with Crippen LogP contribution in [0.5, 0.6) is 0 Å². The van der Waals surface area contributed by atoms with E-state index in [-0.39, 0.29) is 6.04 Å². The summed E-state index contributed by atoms with van der Waals surface area (Å²) in [7, 11) is 0. The van der Waals surface area contributed by atoms with Crippen LogP contribution in [0.2, 0.25) is 0 Å². The van der Waals surface area contributed by atoms with Crippen molar-refractivity contribution < 1.29 is 4.79 Å². The molecule has 1 aliphatic carbocycles. The van der Waals surface area contributed by atoms with Crippen molar-refractivity contribution in [1.29, 1.82) is 0 Å². The van der Waals surface area contributed by atoms with Gasteiger partial charge < -0.3 is 10.2 Å². The Balaban J connectivity index is 1.42. The fourth-order valence-electron chi connectivity index (χ4n) is 4.47. The first-order valence-corrected chi connectivity index (χ1v) is 8.44. The Morgan fingerprint density at radius 2 is 1.90 bits per heavy atom. The van der Waals surface area contributed by atoms with Crippen molar-refractivity contribution in [2.24, 2.45) is 11.8 Å². The Morgan fingerprint density at radius 1 is 1.10 bits per heavy atom. The Morgan fingerprint density at radius 3 is 2.76 bits per heavy atom. The summed E-state index contributed by atoms with van der Waals surface area (Å²) in [6.07, 6.45) is 7.53. The highest BCUT2D eigenvalue weighted by atomic mass is 16.2. The molecule has 0 radical (unpaired) electrons. The zero-order valence-electron chi connectivity index (χ0n) is 12.6. The third-order valence-electron chi connectivity index (χ3n) is 5.67. The Labute approximate surface area is 126 Å². The van der Waals surface area contributed by atoms with E-state index in [1.807, 2.05) is 6.07 Å². The van der Waals surface area contributed by atoms with Crippen molar-refractivity contribution in [2.45, 2.75) is 44.6 Å². The fraction of sp³-hybridized carbons (Fsp3) is 0.611. The lowest BCUT2D eigenvalue weighted by molar-refractivity contribution is -0.135. The second-order valence-electron chi connectivity index (χ2n) is 6.94. The quantitative estimate of drug-likeness (QED) is 0.859. The number of carbonyl (C=O) groups is 1. The van der Waals surface area contributed by atoms with E-state index in [9.17, 15) is 4.79 Å². The number of hydrogen-bond acceptors (Lipinski definition) is 2. The van der Waals surface area contributed by atoms with Gasteiger partial charge in [-0.15, -0.1) is 0 Å². The summed E-state index contributed by atoms with van der Waals surface area (Å²) in [4.78, 5) is 14.9. The third-order valence-corrected chi connectivity index (χ3v) is 5.67. The van der Waals surface area contributed by atoms with Crippen LogP contribution < -0.4 is 5.32 Å². The van der Waals surface area contributed by atoms with Crippen LogP contribution in [0.25, 0.3) is 0 Å². The smallest absolute Gasteiger partial charge is 0.245 e. The number of benzene rings is 1. The molecule has 1 N–H and O–H groups in total. The molecule has 4 rings (SSSR count). The molecule has 2 aliphatic heterocycles. The summed E-state index contributed by atoms with van der Waals surface area (Å²) in [5.74, 6) is 1.96. The SMILES string of the molecule is O=C(C1Cc2ccccc2N1)N1CCC2CCCCC2C1. The van der Waals surface area contributed by atoms with Crippen LogP contribution in [0.3, 0.4) is 0 Å². The molecule has 0 bridgehead atoms. The highest BCUT2D eigenvalue weighted by Gasteiger charge is 2.36. The minimum atomic E-state index is -0.0393. The molecule has 1 saturated heterocycles. The number of amides is 1. The molecule has 3 nitrogen and oxygen atoms in total. The van der Waals surface area contributed by atoms with Crippen LogP contribution in [-0.2, 0) is 11.2 Å². The summed E-state index contributed by atoms with van der Waals surface area (Å²) in [6, 6.07) is 8.26. The first-order chi connectivity index (χ1) is 10.3. The van der Waals surface area contributed by atoms with Gasteiger partial charge in [0.2, 0.25) is 5.91 Å². The van der Waals surface area contributed by atoms with Crippen LogP contribution in [0.15, 0.2) is 24.3 Å². The summed E-state index contributed by atoms with van der Waals surface area (Å²) < 4.78 is 0. The number of nitrogens with one attached hydrogen (secondary N) is 1. The van der Waals surface area contributed by atoms with E-state index >= 15 is 0 Å². The van der Waals surface area contributed by atoms with Crippen LogP contribution in [0, 0.1) is 11.8 Å². The van der Waals surface area contributed by atoms with Gasteiger partial charge in [-0.3, -0.25) is 4.79 Å². The second-order valence-corrected chi connectivity index (χ2v) is 6.94. The van der Waals surface area contributed by atoms with E-state index in [1.165, 1.54) is 37.7 Å². The van der Waals surface area contributed by atoms with Gasteiger partial charge >= 0.3 is 0 Å². The molecule has 3 aliphatic rings. The normalized spacial score (nSPS) is 31.2. The van der Waals surface area contributed by atoms with Crippen LogP contribution in [0.1, 0.15) is 37.7 Å². The number of rotatable bonds is 1. The number of nitrogens with zero attached hydrogens (tertiary/aromatic N) is 1. The first kappa shape index (κ1) is 13.2. The summed E-state index contributed by atoms with van der Waals surface area (Å²) in [5, 5.41) is 3.41. The Kier molecular flexibility index (Phi) is 3.36. The number of likely N-dealkylation sites (tertiary alicyclic amines) is 1. The number of hydrogen-bond donors (Lipinski definition) is 1. The van der Waals surface area contributed by atoms with E-state index in [0.717, 1.165) is 37.0 Å². The van der Waals surface area contributed by atoms with E-state index in [1.54, 1.807) is 0 Å². The minimum absolute atomic E-state index is 0.0393. The maximum atomic E-state index is 12.8. The van der Waals surface area contributed by atoms with Crippen molar-refractivity contribution in [2.75, 3.05) is 18.4 Å². The van der Waals surface area contributed by atoms with Crippen molar-refractivity contribution in [3.63, 3.8) is 0 Å². The molecule has 21 heavy (non-hydrogen) atoms. The molecular weight excluding hydrogens is 260 g/mol. The second kappa shape index (κ2) is 5.36. The standard InChI is InChI=1S/C18H24N2O/c21-18(17-11-14-6-3-4-8-16(14)19-17)20-10-9-13-5-1-2-7-15(13)12-20/h3-4,6,8,13,15,17,19H,1-2,5,7,9-12H2. The third kappa shape index (κ3) is 2.43. The molecule has 2 heterocycles. The van der Waals surface area contributed by atoms with Crippen molar-refractivity contribution in [3.05, 3.63) is 29.8 Å². The lowest BCUT2D eigenvalue weighted by Crippen LogP contribution is -2.49. The molecule has 0 spiro atoms. The van der Waals surface area contributed by atoms with Gasteiger partial charge in [-0.25, -0.2) is 0 Å². The van der Waals surface area contributed by atoms with E-state index < -0.39 is 0 Å². The van der Waals surface area contributed by atoms with Gasteiger partial charge in [-0.1, -0.05) is 37.5 Å². The highest BCUT2D eigenvalue weighted by Crippen LogP contribution is 2.36. The molecule has 2 fully saturated rings. The number of para-hydroxylation sites is 1. The zero-order valence-corrected chi connectivity index (χ0v) is 12.6. The summed E-state index contributed by atoms with van der Waals surface area (Å²) >= 11 is 0.